The minimum atomic E-state index is -4.37. The third kappa shape index (κ3) is 3.54. The molecule has 1 aromatic carbocycles. The molecule has 0 amide bonds. The molecule has 1 aliphatic rings. The Bertz CT molecular complexity index is 637. The van der Waals surface area contributed by atoms with Gasteiger partial charge in [-0.25, -0.2) is 0 Å². The Morgan fingerprint density at radius 1 is 1.00 bits per heavy atom. The molecule has 0 saturated carbocycles. The number of hydrogen-bond donors (Lipinski definition) is 1. The molecule has 0 radical (unpaired) electrons. The first-order valence-electron chi connectivity index (χ1n) is 7.58. The maximum absolute atomic E-state index is 13.4. The predicted octanol–water partition coefficient (Wildman–Crippen LogP) is 3.10. The van der Waals surface area contributed by atoms with Crippen LogP contribution in [0.5, 0.6) is 0 Å². The lowest BCUT2D eigenvalue weighted by molar-refractivity contribution is -0.138. The molecule has 6 heteroatoms. The summed E-state index contributed by atoms with van der Waals surface area (Å²) in [5, 5.41) is 3.24. The molecule has 2 heterocycles. The monoisotopic (exact) mass is 321 g/mol. The molecule has 2 aromatic rings. The number of rotatable bonds is 3. The maximum atomic E-state index is 13.4. The van der Waals surface area contributed by atoms with E-state index in [4.69, 9.17) is 0 Å². The van der Waals surface area contributed by atoms with Gasteiger partial charge >= 0.3 is 6.18 Å². The van der Waals surface area contributed by atoms with Crippen molar-refractivity contribution in [3.05, 3.63) is 65.5 Å². The van der Waals surface area contributed by atoms with Crippen molar-refractivity contribution in [2.45, 2.75) is 12.2 Å². The number of hydrogen-bond acceptors (Lipinski definition) is 3. The Morgan fingerprint density at radius 3 is 2.30 bits per heavy atom. The quantitative estimate of drug-likeness (QED) is 0.941. The molecule has 122 valence electrons. The number of alkyl halides is 3. The summed E-state index contributed by atoms with van der Waals surface area (Å²) >= 11 is 0. The van der Waals surface area contributed by atoms with Gasteiger partial charge in [0.2, 0.25) is 0 Å². The van der Waals surface area contributed by atoms with Crippen molar-refractivity contribution < 1.29 is 13.2 Å². The minimum Gasteiger partial charge on any atom is -0.314 e. The van der Waals surface area contributed by atoms with Gasteiger partial charge in [0, 0.05) is 38.6 Å². The Hall–Kier alpha value is -1.92. The van der Waals surface area contributed by atoms with Crippen LogP contribution in [-0.4, -0.2) is 36.1 Å². The Kier molecular flexibility index (Phi) is 4.63. The molecule has 1 aromatic heterocycles. The van der Waals surface area contributed by atoms with Crippen LogP contribution in [0.3, 0.4) is 0 Å². The summed E-state index contributed by atoms with van der Waals surface area (Å²) in [7, 11) is 0. The zero-order chi connectivity index (χ0) is 16.3. The van der Waals surface area contributed by atoms with Crippen LogP contribution in [0.4, 0.5) is 13.2 Å². The molecule has 1 N–H and O–H groups in total. The predicted molar refractivity (Wildman–Crippen MR) is 82.0 cm³/mol. The number of benzene rings is 1. The van der Waals surface area contributed by atoms with Crippen LogP contribution >= 0.6 is 0 Å². The van der Waals surface area contributed by atoms with Gasteiger partial charge in [-0.1, -0.05) is 18.2 Å². The van der Waals surface area contributed by atoms with Gasteiger partial charge in [0.25, 0.3) is 0 Å². The molecular formula is C17H18F3N3. The smallest absolute Gasteiger partial charge is 0.314 e. The topological polar surface area (TPSA) is 28.2 Å². The van der Waals surface area contributed by atoms with Crippen molar-refractivity contribution >= 4 is 0 Å². The average Bonchev–Trinajstić information content (AvgIpc) is 2.57. The molecule has 0 spiro atoms. The zero-order valence-electron chi connectivity index (χ0n) is 12.6. The van der Waals surface area contributed by atoms with Gasteiger partial charge in [0.1, 0.15) is 0 Å². The summed E-state index contributed by atoms with van der Waals surface area (Å²) in [5.41, 5.74) is 0.562. The van der Waals surface area contributed by atoms with Crippen molar-refractivity contribution in [2.24, 2.45) is 0 Å². The largest absolute Gasteiger partial charge is 0.416 e. The SMILES string of the molecule is FC(F)(F)c1ccccc1C(c1ccncc1)N1CCNCC1. The first-order valence-corrected chi connectivity index (χ1v) is 7.58. The highest BCUT2D eigenvalue weighted by atomic mass is 19.4. The number of nitrogens with zero attached hydrogens (tertiary/aromatic N) is 2. The standard InChI is InChI=1S/C17H18F3N3/c18-17(19,20)15-4-2-1-3-14(15)16(13-5-7-21-8-6-13)23-11-9-22-10-12-23/h1-8,16,22H,9-12H2. The van der Waals surface area contributed by atoms with Gasteiger partial charge in [-0.3, -0.25) is 9.88 Å². The summed E-state index contributed by atoms with van der Waals surface area (Å²) in [6.45, 7) is 2.96. The lowest BCUT2D eigenvalue weighted by Gasteiger charge is -2.36. The van der Waals surface area contributed by atoms with E-state index in [9.17, 15) is 13.2 Å². The van der Waals surface area contributed by atoms with Crippen molar-refractivity contribution in [1.82, 2.24) is 15.2 Å². The van der Waals surface area contributed by atoms with Gasteiger partial charge in [0.05, 0.1) is 11.6 Å². The van der Waals surface area contributed by atoms with Gasteiger partial charge < -0.3 is 5.32 Å². The third-order valence-electron chi connectivity index (χ3n) is 4.10. The van der Waals surface area contributed by atoms with E-state index in [2.05, 4.69) is 15.2 Å². The first-order chi connectivity index (χ1) is 11.1. The highest BCUT2D eigenvalue weighted by molar-refractivity contribution is 5.38. The molecular weight excluding hydrogens is 303 g/mol. The van der Waals surface area contributed by atoms with Crippen LogP contribution in [0.2, 0.25) is 0 Å². The molecule has 23 heavy (non-hydrogen) atoms. The van der Waals surface area contributed by atoms with E-state index < -0.39 is 17.8 Å². The summed E-state index contributed by atoms with van der Waals surface area (Å²) < 4.78 is 40.3. The lowest BCUT2D eigenvalue weighted by Crippen LogP contribution is -2.45. The van der Waals surface area contributed by atoms with Crippen molar-refractivity contribution in [3.8, 4) is 0 Å². The van der Waals surface area contributed by atoms with E-state index in [0.717, 1.165) is 24.7 Å². The molecule has 1 fully saturated rings. The molecule has 1 atom stereocenters. The normalized spacial score (nSPS) is 17.9. The van der Waals surface area contributed by atoms with Crippen LogP contribution in [0.15, 0.2) is 48.8 Å². The van der Waals surface area contributed by atoms with Crippen LogP contribution in [0.1, 0.15) is 22.7 Å². The van der Waals surface area contributed by atoms with Crippen LogP contribution in [-0.2, 0) is 6.18 Å². The second-order valence-corrected chi connectivity index (χ2v) is 5.55. The number of halogens is 3. The van der Waals surface area contributed by atoms with Crippen LogP contribution in [0.25, 0.3) is 0 Å². The second kappa shape index (κ2) is 6.68. The fourth-order valence-electron chi connectivity index (χ4n) is 3.07. The molecule has 0 bridgehead atoms. The summed E-state index contributed by atoms with van der Waals surface area (Å²) in [6.07, 6.45) is -1.11. The molecule has 3 nitrogen and oxygen atoms in total. The summed E-state index contributed by atoms with van der Waals surface area (Å²) in [5.74, 6) is 0. The minimum absolute atomic E-state index is 0.299. The van der Waals surface area contributed by atoms with Crippen molar-refractivity contribution in [1.29, 1.82) is 0 Å². The van der Waals surface area contributed by atoms with E-state index >= 15 is 0 Å². The zero-order valence-corrected chi connectivity index (χ0v) is 12.6. The van der Waals surface area contributed by atoms with Crippen molar-refractivity contribution in [2.75, 3.05) is 26.2 Å². The van der Waals surface area contributed by atoms with E-state index in [0.29, 0.717) is 18.7 Å². The number of piperazine rings is 1. The number of pyridine rings is 1. The average molecular weight is 321 g/mol. The summed E-state index contributed by atoms with van der Waals surface area (Å²) in [6, 6.07) is 9.01. The lowest BCUT2D eigenvalue weighted by atomic mass is 9.93. The fourth-order valence-corrected chi connectivity index (χ4v) is 3.07. The van der Waals surface area contributed by atoms with E-state index in [1.54, 1.807) is 36.7 Å². The highest BCUT2D eigenvalue weighted by Crippen LogP contribution is 2.38. The number of nitrogens with one attached hydrogen (secondary N) is 1. The third-order valence-corrected chi connectivity index (χ3v) is 4.10. The van der Waals surface area contributed by atoms with Crippen LogP contribution in [0, 0.1) is 0 Å². The number of aromatic nitrogens is 1. The highest BCUT2D eigenvalue weighted by Gasteiger charge is 2.37. The Morgan fingerprint density at radius 2 is 1.65 bits per heavy atom. The van der Waals surface area contributed by atoms with Gasteiger partial charge in [-0.15, -0.1) is 0 Å². The van der Waals surface area contributed by atoms with Gasteiger partial charge in [-0.05, 0) is 29.3 Å². The Labute approximate surface area is 133 Å². The van der Waals surface area contributed by atoms with E-state index in [1.807, 2.05) is 0 Å². The van der Waals surface area contributed by atoms with Gasteiger partial charge in [0.15, 0.2) is 0 Å². The second-order valence-electron chi connectivity index (χ2n) is 5.55. The van der Waals surface area contributed by atoms with E-state index in [-0.39, 0.29) is 0 Å². The maximum Gasteiger partial charge on any atom is 0.416 e. The molecule has 1 unspecified atom stereocenters. The van der Waals surface area contributed by atoms with Crippen LogP contribution < -0.4 is 5.32 Å². The Balaban J connectivity index is 2.09. The molecule has 3 rings (SSSR count). The fraction of sp³-hybridized carbons (Fsp3) is 0.353. The summed E-state index contributed by atoms with van der Waals surface area (Å²) in [4.78, 5) is 6.08. The molecule has 1 saturated heterocycles. The van der Waals surface area contributed by atoms with E-state index in [1.165, 1.54) is 6.07 Å². The molecule has 1 aliphatic heterocycles. The first kappa shape index (κ1) is 16.0. The van der Waals surface area contributed by atoms with Gasteiger partial charge in [-0.2, -0.15) is 13.2 Å². The molecule has 0 aliphatic carbocycles. The van der Waals surface area contributed by atoms with Crippen molar-refractivity contribution in [3.63, 3.8) is 0 Å².